The molecule has 2 nitrogen and oxygen atoms in total. The highest BCUT2D eigenvalue weighted by Gasteiger charge is 2.09. The lowest BCUT2D eigenvalue weighted by molar-refractivity contribution is -0.115. The first-order valence-electron chi connectivity index (χ1n) is 5.97. The van der Waals surface area contributed by atoms with E-state index >= 15 is 0 Å². The van der Waals surface area contributed by atoms with Crippen LogP contribution < -0.4 is 5.32 Å². The molecule has 0 spiro atoms. The second-order valence-corrected chi connectivity index (χ2v) is 5.84. The summed E-state index contributed by atoms with van der Waals surface area (Å²) in [7, 11) is 0. The molecule has 0 fully saturated rings. The summed E-state index contributed by atoms with van der Waals surface area (Å²) < 4.78 is 0. The number of benzene rings is 2. The number of anilines is 1. The Bertz CT molecular complexity index is 614. The molecule has 0 atom stereocenters. The Kier molecular flexibility index (Phi) is 5.35. The third-order valence-corrected chi connectivity index (χ3v) is 4.31. The topological polar surface area (TPSA) is 29.1 Å². The lowest BCUT2D eigenvalue weighted by atomic mass is 10.1. The monoisotopic (exact) mass is 325 g/mol. The highest BCUT2D eigenvalue weighted by atomic mass is 35.5. The standard InChI is InChI=1S/C15H13Cl2NOS/c1-20-11-7-5-10(6-8-11)9-14(19)18-13-4-2-3-12(16)15(13)17/h2-8H,9H2,1H3,(H,18,19). The first kappa shape index (κ1) is 15.2. The van der Waals surface area contributed by atoms with E-state index in [0.717, 1.165) is 5.56 Å². The molecule has 0 heterocycles. The van der Waals surface area contributed by atoms with Crippen molar-refractivity contribution in [3.63, 3.8) is 0 Å². The van der Waals surface area contributed by atoms with Crippen LogP contribution in [-0.2, 0) is 11.2 Å². The summed E-state index contributed by atoms with van der Waals surface area (Å²) in [5.74, 6) is -0.119. The van der Waals surface area contributed by atoms with Gasteiger partial charge in [0, 0.05) is 4.90 Å². The molecular formula is C15H13Cl2NOS. The summed E-state index contributed by atoms with van der Waals surface area (Å²) in [6.07, 6.45) is 2.32. The normalized spacial score (nSPS) is 10.3. The Morgan fingerprint density at radius 3 is 2.50 bits per heavy atom. The summed E-state index contributed by atoms with van der Waals surface area (Å²) in [6, 6.07) is 13.1. The second-order valence-electron chi connectivity index (χ2n) is 4.17. The van der Waals surface area contributed by atoms with E-state index in [-0.39, 0.29) is 5.91 Å². The fraction of sp³-hybridized carbons (Fsp3) is 0.133. The highest BCUT2D eigenvalue weighted by Crippen LogP contribution is 2.29. The van der Waals surface area contributed by atoms with Crippen LogP contribution in [0.5, 0.6) is 0 Å². The minimum absolute atomic E-state index is 0.119. The third-order valence-electron chi connectivity index (χ3n) is 2.75. The molecule has 104 valence electrons. The average molecular weight is 326 g/mol. The number of nitrogens with one attached hydrogen (secondary N) is 1. The van der Waals surface area contributed by atoms with Crippen LogP contribution in [0.3, 0.4) is 0 Å². The number of amides is 1. The molecule has 2 aromatic carbocycles. The van der Waals surface area contributed by atoms with Gasteiger partial charge in [-0.05, 0) is 36.1 Å². The SMILES string of the molecule is CSc1ccc(CC(=O)Nc2cccc(Cl)c2Cl)cc1. The Hall–Kier alpha value is -1.16. The number of carbonyl (C=O) groups is 1. The molecule has 0 aliphatic carbocycles. The number of hydrogen-bond donors (Lipinski definition) is 1. The van der Waals surface area contributed by atoms with Crippen molar-refractivity contribution >= 4 is 46.6 Å². The molecule has 0 unspecified atom stereocenters. The van der Waals surface area contributed by atoms with Crippen molar-refractivity contribution in [2.75, 3.05) is 11.6 Å². The molecule has 5 heteroatoms. The summed E-state index contributed by atoms with van der Waals surface area (Å²) in [6.45, 7) is 0. The smallest absolute Gasteiger partial charge is 0.228 e. The van der Waals surface area contributed by atoms with Crippen molar-refractivity contribution in [1.29, 1.82) is 0 Å². The van der Waals surface area contributed by atoms with E-state index < -0.39 is 0 Å². The summed E-state index contributed by atoms with van der Waals surface area (Å²) in [4.78, 5) is 13.2. The molecule has 0 aromatic heterocycles. The van der Waals surface area contributed by atoms with Crippen LogP contribution in [0.15, 0.2) is 47.4 Å². The van der Waals surface area contributed by atoms with Gasteiger partial charge >= 0.3 is 0 Å². The van der Waals surface area contributed by atoms with E-state index in [2.05, 4.69) is 5.32 Å². The molecule has 1 N–H and O–H groups in total. The van der Waals surface area contributed by atoms with Gasteiger partial charge in [0.1, 0.15) is 0 Å². The maximum atomic E-state index is 12.0. The predicted molar refractivity (Wildman–Crippen MR) is 87.0 cm³/mol. The molecule has 0 saturated carbocycles. The van der Waals surface area contributed by atoms with Gasteiger partial charge in [-0.25, -0.2) is 0 Å². The van der Waals surface area contributed by atoms with Crippen LogP contribution in [0.2, 0.25) is 10.0 Å². The van der Waals surface area contributed by atoms with Crippen LogP contribution >= 0.6 is 35.0 Å². The Morgan fingerprint density at radius 1 is 1.15 bits per heavy atom. The first-order chi connectivity index (χ1) is 9.60. The van der Waals surface area contributed by atoms with Crippen LogP contribution in [-0.4, -0.2) is 12.2 Å². The van der Waals surface area contributed by atoms with Crippen molar-refractivity contribution in [1.82, 2.24) is 0 Å². The van der Waals surface area contributed by atoms with Crippen molar-refractivity contribution < 1.29 is 4.79 Å². The fourth-order valence-electron chi connectivity index (χ4n) is 1.72. The van der Waals surface area contributed by atoms with E-state index in [4.69, 9.17) is 23.2 Å². The van der Waals surface area contributed by atoms with Crippen LogP contribution in [0.1, 0.15) is 5.56 Å². The largest absolute Gasteiger partial charge is 0.324 e. The van der Waals surface area contributed by atoms with Gasteiger partial charge in [-0.1, -0.05) is 41.4 Å². The minimum atomic E-state index is -0.119. The number of hydrogen-bond acceptors (Lipinski definition) is 2. The Labute approximate surface area is 132 Å². The maximum absolute atomic E-state index is 12.0. The van der Waals surface area contributed by atoms with Crippen LogP contribution in [0.25, 0.3) is 0 Å². The third kappa shape index (κ3) is 3.92. The molecule has 20 heavy (non-hydrogen) atoms. The molecular weight excluding hydrogens is 313 g/mol. The zero-order valence-electron chi connectivity index (χ0n) is 10.8. The van der Waals surface area contributed by atoms with Gasteiger partial charge < -0.3 is 5.32 Å². The minimum Gasteiger partial charge on any atom is -0.324 e. The Morgan fingerprint density at radius 2 is 1.85 bits per heavy atom. The van der Waals surface area contributed by atoms with Gasteiger partial charge in [-0.3, -0.25) is 4.79 Å². The zero-order valence-corrected chi connectivity index (χ0v) is 13.1. The van der Waals surface area contributed by atoms with Crippen molar-refractivity contribution in [2.45, 2.75) is 11.3 Å². The van der Waals surface area contributed by atoms with Crippen LogP contribution in [0.4, 0.5) is 5.69 Å². The molecule has 0 saturated heterocycles. The van der Waals surface area contributed by atoms with E-state index in [1.54, 1.807) is 30.0 Å². The molecule has 2 rings (SSSR count). The van der Waals surface area contributed by atoms with E-state index in [1.165, 1.54) is 4.90 Å². The molecule has 0 radical (unpaired) electrons. The Balaban J connectivity index is 2.03. The molecule has 0 aliphatic rings. The summed E-state index contributed by atoms with van der Waals surface area (Å²) in [5, 5.41) is 3.55. The first-order valence-corrected chi connectivity index (χ1v) is 7.95. The molecule has 0 aliphatic heterocycles. The van der Waals surface area contributed by atoms with Gasteiger partial charge in [0.05, 0.1) is 22.2 Å². The number of rotatable bonds is 4. The van der Waals surface area contributed by atoms with E-state index in [0.29, 0.717) is 22.2 Å². The molecule has 0 bridgehead atoms. The second kappa shape index (κ2) is 7.02. The van der Waals surface area contributed by atoms with Crippen molar-refractivity contribution in [3.05, 3.63) is 58.1 Å². The number of halogens is 2. The summed E-state index contributed by atoms with van der Waals surface area (Å²) in [5.41, 5.74) is 1.49. The molecule has 1 amide bonds. The van der Waals surface area contributed by atoms with E-state index in [9.17, 15) is 4.79 Å². The summed E-state index contributed by atoms with van der Waals surface area (Å²) >= 11 is 13.6. The van der Waals surface area contributed by atoms with Crippen LogP contribution in [0, 0.1) is 0 Å². The fourth-order valence-corrected chi connectivity index (χ4v) is 2.48. The lowest BCUT2D eigenvalue weighted by Gasteiger charge is -2.08. The van der Waals surface area contributed by atoms with Gasteiger partial charge in [0.25, 0.3) is 0 Å². The molecule has 2 aromatic rings. The van der Waals surface area contributed by atoms with Gasteiger partial charge in [-0.2, -0.15) is 0 Å². The van der Waals surface area contributed by atoms with Gasteiger partial charge in [0.2, 0.25) is 5.91 Å². The zero-order chi connectivity index (χ0) is 14.5. The van der Waals surface area contributed by atoms with Crippen molar-refractivity contribution in [3.8, 4) is 0 Å². The quantitative estimate of drug-likeness (QED) is 0.810. The maximum Gasteiger partial charge on any atom is 0.228 e. The highest BCUT2D eigenvalue weighted by molar-refractivity contribution is 7.98. The van der Waals surface area contributed by atoms with Gasteiger partial charge in [0.15, 0.2) is 0 Å². The van der Waals surface area contributed by atoms with Gasteiger partial charge in [-0.15, -0.1) is 11.8 Å². The lowest BCUT2D eigenvalue weighted by Crippen LogP contribution is -2.14. The number of thioether (sulfide) groups is 1. The number of carbonyl (C=O) groups excluding carboxylic acids is 1. The average Bonchev–Trinajstić information content (AvgIpc) is 2.45. The van der Waals surface area contributed by atoms with Crippen molar-refractivity contribution in [2.24, 2.45) is 0 Å². The predicted octanol–water partition coefficient (Wildman–Crippen LogP) is 4.90. The van der Waals surface area contributed by atoms with E-state index in [1.807, 2.05) is 30.5 Å².